The lowest BCUT2D eigenvalue weighted by atomic mass is 10.2. The van der Waals surface area contributed by atoms with Crippen molar-refractivity contribution in [2.75, 3.05) is 7.11 Å². The minimum Gasteiger partial charge on any atom is -0.496 e. The molecular weight excluding hydrogens is 326 g/mol. The molecule has 0 aliphatic carbocycles. The average Bonchev–Trinajstić information content (AvgIpc) is 3.22. The third kappa shape index (κ3) is 3.16. The van der Waals surface area contributed by atoms with Crippen molar-refractivity contribution in [2.45, 2.75) is 20.0 Å². The van der Waals surface area contributed by atoms with Gasteiger partial charge in [0.25, 0.3) is 5.91 Å². The number of aromatic nitrogens is 3. The molecule has 0 fully saturated rings. The van der Waals surface area contributed by atoms with Gasteiger partial charge < -0.3 is 9.47 Å². The van der Waals surface area contributed by atoms with Crippen molar-refractivity contribution >= 4 is 17.2 Å². The Morgan fingerprint density at radius 2 is 2.00 bits per heavy atom. The van der Waals surface area contributed by atoms with Crippen LogP contribution in [-0.2, 0) is 0 Å². The fourth-order valence-electron chi connectivity index (χ4n) is 2.20. The van der Waals surface area contributed by atoms with Crippen molar-refractivity contribution in [2.24, 2.45) is 0 Å². The molecule has 0 saturated carbocycles. The number of nitrogens with zero attached hydrogens (tertiary/aromatic N) is 3. The van der Waals surface area contributed by atoms with E-state index in [9.17, 15) is 4.79 Å². The van der Waals surface area contributed by atoms with Gasteiger partial charge in [0, 0.05) is 0 Å². The second-order valence-corrected chi connectivity index (χ2v) is 6.23. The third-order valence-electron chi connectivity index (χ3n) is 3.20. The first-order chi connectivity index (χ1) is 11.6. The third-order valence-corrected chi connectivity index (χ3v) is 4.07. The summed E-state index contributed by atoms with van der Waals surface area (Å²) in [4.78, 5) is 18.2. The van der Waals surface area contributed by atoms with Crippen molar-refractivity contribution in [1.29, 1.82) is 0 Å². The van der Waals surface area contributed by atoms with E-state index in [4.69, 9.17) is 9.47 Å². The van der Waals surface area contributed by atoms with Gasteiger partial charge in [0.05, 0.1) is 23.7 Å². The highest BCUT2D eigenvalue weighted by Crippen LogP contribution is 2.27. The zero-order valence-electron chi connectivity index (χ0n) is 13.6. The number of carbonyl (C=O) groups is 1. The van der Waals surface area contributed by atoms with Crippen LogP contribution in [0.4, 0.5) is 0 Å². The molecule has 124 valence electrons. The van der Waals surface area contributed by atoms with E-state index < -0.39 is 0 Å². The molecular formula is C17H17N3O3S. The summed E-state index contributed by atoms with van der Waals surface area (Å²) in [5.74, 6) is 0.625. The molecule has 2 heterocycles. The molecule has 0 aliphatic rings. The first-order valence-electron chi connectivity index (χ1n) is 7.45. The molecule has 7 heteroatoms. The Hall–Kier alpha value is -2.67. The van der Waals surface area contributed by atoms with E-state index in [0.29, 0.717) is 17.1 Å². The predicted molar refractivity (Wildman–Crippen MR) is 91.8 cm³/mol. The molecule has 0 atom stereocenters. The van der Waals surface area contributed by atoms with Crippen LogP contribution in [0.5, 0.6) is 11.8 Å². The van der Waals surface area contributed by atoms with Gasteiger partial charge in [-0.3, -0.25) is 4.79 Å². The monoisotopic (exact) mass is 343 g/mol. The number of methoxy groups -OCH3 is 1. The van der Waals surface area contributed by atoms with E-state index in [1.807, 2.05) is 37.4 Å². The quantitative estimate of drug-likeness (QED) is 0.709. The number of thiophene rings is 1. The van der Waals surface area contributed by atoms with E-state index in [1.54, 1.807) is 18.2 Å². The number of hydrogen-bond acceptors (Lipinski definition) is 6. The Morgan fingerprint density at radius 3 is 2.67 bits per heavy atom. The molecule has 0 N–H and O–H groups in total. The smallest absolute Gasteiger partial charge is 0.336 e. The SMILES string of the molecule is COc1ccccc1C(=O)n1nc(OC(C)C)nc1-c1cccs1. The molecule has 0 unspecified atom stereocenters. The molecule has 0 radical (unpaired) electrons. The van der Waals surface area contributed by atoms with Crippen molar-refractivity contribution in [3.05, 3.63) is 47.3 Å². The summed E-state index contributed by atoms with van der Waals surface area (Å²) in [7, 11) is 1.53. The number of rotatable bonds is 5. The van der Waals surface area contributed by atoms with Gasteiger partial charge in [-0.05, 0) is 37.4 Å². The summed E-state index contributed by atoms with van der Waals surface area (Å²) in [5, 5.41) is 6.16. The van der Waals surface area contributed by atoms with E-state index in [1.165, 1.54) is 23.1 Å². The van der Waals surface area contributed by atoms with Gasteiger partial charge in [0.2, 0.25) is 0 Å². The van der Waals surface area contributed by atoms with Gasteiger partial charge in [0.1, 0.15) is 5.75 Å². The zero-order chi connectivity index (χ0) is 17.1. The van der Waals surface area contributed by atoms with Gasteiger partial charge >= 0.3 is 6.01 Å². The fourth-order valence-corrected chi connectivity index (χ4v) is 2.89. The second-order valence-electron chi connectivity index (χ2n) is 5.28. The van der Waals surface area contributed by atoms with Crippen LogP contribution in [0.15, 0.2) is 41.8 Å². The second kappa shape index (κ2) is 6.84. The zero-order valence-corrected chi connectivity index (χ0v) is 14.4. The fraction of sp³-hybridized carbons (Fsp3) is 0.235. The Balaban J connectivity index is 2.08. The molecule has 24 heavy (non-hydrogen) atoms. The van der Waals surface area contributed by atoms with E-state index in [0.717, 1.165) is 4.88 Å². The van der Waals surface area contributed by atoms with Crippen LogP contribution in [0.2, 0.25) is 0 Å². The minimum absolute atomic E-state index is 0.0848. The molecule has 2 aromatic heterocycles. The molecule has 3 rings (SSSR count). The van der Waals surface area contributed by atoms with Crippen molar-refractivity contribution in [3.8, 4) is 22.5 Å². The lowest BCUT2D eigenvalue weighted by Gasteiger charge is -2.08. The first-order valence-corrected chi connectivity index (χ1v) is 8.33. The molecule has 0 saturated heterocycles. The Labute approximate surface area is 143 Å². The summed E-state index contributed by atoms with van der Waals surface area (Å²) in [6, 6.07) is 11.0. The lowest BCUT2D eigenvalue weighted by Crippen LogP contribution is -2.16. The maximum Gasteiger partial charge on any atom is 0.336 e. The topological polar surface area (TPSA) is 66.2 Å². The maximum absolute atomic E-state index is 13.0. The van der Waals surface area contributed by atoms with Crippen LogP contribution in [0.1, 0.15) is 24.2 Å². The molecule has 0 aliphatic heterocycles. The summed E-state index contributed by atoms with van der Waals surface area (Å²) in [6.45, 7) is 3.77. The molecule has 0 bridgehead atoms. The van der Waals surface area contributed by atoms with Gasteiger partial charge in [0.15, 0.2) is 5.82 Å². The van der Waals surface area contributed by atoms with Crippen LogP contribution in [-0.4, -0.2) is 33.9 Å². The predicted octanol–water partition coefficient (Wildman–Crippen LogP) is 3.49. The van der Waals surface area contributed by atoms with Gasteiger partial charge in [-0.1, -0.05) is 18.2 Å². The Bertz CT molecular complexity index is 841. The van der Waals surface area contributed by atoms with E-state index in [-0.39, 0.29) is 18.0 Å². The van der Waals surface area contributed by atoms with E-state index >= 15 is 0 Å². The van der Waals surface area contributed by atoms with Crippen LogP contribution in [0.3, 0.4) is 0 Å². The van der Waals surface area contributed by atoms with Crippen molar-refractivity contribution in [1.82, 2.24) is 14.8 Å². The number of ether oxygens (including phenoxy) is 2. The highest BCUT2D eigenvalue weighted by atomic mass is 32.1. The number of para-hydroxylation sites is 1. The lowest BCUT2D eigenvalue weighted by molar-refractivity contribution is 0.0940. The molecule has 3 aromatic rings. The van der Waals surface area contributed by atoms with Crippen LogP contribution in [0.25, 0.3) is 10.7 Å². The number of carbonyl (C=O) groups excluding carboxylic acids is 1. The largest absolute Gasteiger partial charge is 0.496 e. The van der Waals surface area contributed by atoms with Crippen molar-refractivity contribution in [3.63, 3.8) is 0 Å². The highest BCUT2D eigenvalue weighted by molar-refractivity contribution is 7.13. The molecule has 0 amide bonds. The molecule has 6 nitrogen and oxygen atoms in total. The number of benzene rings is 1. The highest BCUT2D eigenvalue weighted by Gasteiger charge is 2.23. The van der Waals surface area contributed by atoms with E-state index in [2.05, 4.69) is 10.1 Å². The Morgan fingerprint density at radius 1 is 1.21 bits per heavy atom. The average molecular weight is 343 g/mol. The van der Waals surface area contributed by atoms with Gasteiger partial charge in [-0.25, -0.2) is 0 Å². The summed E-state index contributed by atoms with van der Waals surface area (Å²) in [5.41, 5.74) is 0.416. The molecule has 1 aromatic carbocycles. The van der Waals surface area contributed by atoms with Gasteiger partial charge in [-0.2, -0.15) is 9.67 Å². The normalized spacial score (nSPS) is 10.8. The number of hydrogen-bond donors (Lipinski definition) is 0. The standard InChI is InChI=1S/C17H17N3O3S/c1-11(2)23-17-18-15(14-9-6-10-24-14)20(19-17)16(21)12-7-4-5-8-13(12)22-3/h4-11H,1-3H3. The first kappa shape index (κ1) is 16.2. The summed E-state index contributed by atoms with van der Waals surface area (Å²) in [6.07, 6.45) is -0.0848. The van der Waals surface area contributed by atoms with Crippen molar-refractivity contribution < 1.29 is 14.3 Å². The van der Waals surface area contributed by atoms with Gasteiger partial charge in [-0.15, -0.1) is 16.4 Å². The maximum atomic E-state index is 13.0. The van der Waals surface area contributed by atoms with Crippen LogP contribution in [0, 0.1) is 0 Å². The summed E-state index contributed by atoms with van der Waals surface area (Å²) >= 11 is 1.48. The minimum atomic E-state index is -0.318. The summed E-state index contributed by atoms with van der Waals surface area (Å²) < 4.78 is 12.1. The molecule has 0 spiro atoms. The van der Waals surface area contributed by atoms with Crippen LogP contribution < -0.4 is 9.47 Å². The Kier molecular flexibility index (Phi) is 4.61. The van der Waals surface area contributed by atoms with Crippen LogP contribution >= 0.6 is 11.3 Å².